The summed E-state index contributed by atoms with van der Waals surface area (Å²) in [6.45, 7) is 3.48. The molecule has 0 aliphatic rings. The van der Waals surface area contributed by atoms with Crippen LogP contribution in [0.4, 0.5) is 0 Å². The predicted molar refractivity (Wildman–Crippen MR) is 105 cm³/mol. The molecule has 0 bridgehead atoms. The van der Waals surface area contributed by atoms with Crippen molar-refractivity contribution in [2.24, 2.45) is 0 Å². The average Bonchev–Trinajstić information content (AvgIpc) is 2.71. The van der Waals surface area contributed by atoms with Gasteiger partial charge in [-0.25, -0.2) is 17.9 Å². The van der Waals surface area contributed by atoms with Crippen molar-refractivity contribution >= 4 is 21.9 Å². The summed E-state index contributed by atoms with van der Waals surface area (Å²) in [6, 6.07) is 14.6. The van der Waals surface area contributed by atoms with Gasteiger partial charge in [-0.15, -0.1) is 0 Å². The Morgan fingerprint density at radius 3 is 2.46 bits per heavy atom. The van der Waals surface area contributed by atoms with Crippen LogP contribution in [0.5, 0.6) is 0 Å². The van der Waals surface area contributed by atoms with Gasteiger partial charge in [0.25, 0.3) is 5.91 Å². The second-order valence-corrected chi connectivity index (χ2v) is 8.06. The number of hydrogen-bond donors (Lipinski definition) is 2. The van der Waals surface area contributed by atoms with E-state index in [0.717, 1.165) is 12.0 Å². The van der Waals surface area contributed by atoms with Gasteiger partial charge in [0.2, 0.25) is 10.0 Å². The Morgan fingerprint density at radius 2 is 1.79 bits per heavy atom. The highest BCUT2D eigenvalue weighted by molar-refractivity contribution is 7.89. The lowest BCUT2D eigenvalue weighted by Crippen LogP contribution is -2.35. The molecule has 1 atom stereocenters. The molecule has 0 saturated heterocycles. The number of amides is 1. The molecule has 0 aliphatic heterocycles. The molecule has 0 aliphatic carbocycles. The van der Waals surface area contributed by atoms with Gasteiger partial charge in [-0.3, -0.25) is 4.79 Å². The van der Waals surface area contributed by atoms with Gasteiger partial charge in [-0.1, -0.05) is 43.3 Å². The van der Waals surface area contributed by atoms with Crippen molar-refractivity contribution in [3.8, 4) is 0 Å². The molecule has 0 saturated carbocycles. The molecule has 0 radical (unpaired) electrons. The quantitative estimate of drug-likeness (QED) is 0.624. The number of rotatable bonds is 9. The first kappa shape index (κ1) is 21.6. The minimum atomic E-state index is -3.80. The van der Waals surface area contributed by atoms with Crippen LogP contribution in [0.15, 0.2) is 59.5 Å². The fourth-order valence-electron chi connectivity index (χ4n) is 2.28. The average molecular weight is 404 g/mol. The molecular weight excluding hydrogens is 380 g/mol. The van der Waals surface area contributed by atoms with Crippen LogP contribution >= 0.6 is 0 Å². The van der Waals surface area contributed by atoms with E-state index in [0.29, 0.717) is 0 Å². The van der Waals surface area contributed by atoms with Gasteiger partial charge in [0.1, 0.15) is 0 Å². The van der Waals surface area contributed by atoms with Crippen LogP contribution in [0.25, 0.3) is 0 Å². The summed E-state index contributed by atoms with van der Waals surface area (Å²) in [5.41, 5.74) is 0.868. The van der Waals surface area contributed by atoms with Crippen LogP contribution in [-0.2, 0) is 26.1 Å². The summed E-state index contributed by atoms with van der Waals surface area (Å²) < 4.78 is 32.4. The van der Waals surface area contributed by atoms with Gasteiger partial charge in [0, 0.05) is 12.6 Å². The van der Waals surface area contributed by atoms with E-state index in [9.17, 15) is 18.0 Å². The summed E-state index contributed by atoms with van der Waals surface area (Å²) in [5, 5.41) is 2.68. The van der Waals surface area contributed by atoms with Crippen molar-refractivity contribution in [2.75, 3.05) is 6.61 Å². The first-order chi connectivity index (χ1) is 13.3. The summed E-state index contributed by atoms with van der Waals surface area (Å²) in [6.07, 6.45) is 0.759. The van der Waals surface area contributed by atoms with Crippen LogP contribution < -0.4 is 10.0 Å². The molecule has 2 N–H and O–H groups in total. The third-order valence-electron chi connectivity index (χ3n) is 4.04. The van der Waals surface area contributed by atoms with Gasteiger partial charge in [-0.2, -0.15) is 0 Å². The molecule has 1 amide bonds. The van der Waals surface area contributed by atoms with E-state index < -0.39 is 28.5 Å². The first-order valence-electron chi connectivity index (χ1n) is 8.92. The number of hydrogen-bond acceptors (Lipinski definition) is 5. The molecule has 2 aromatic carbocycles. The molecular formula is C20H24N2O5S. The van der Waals surface area contributed by atoms with E-state index in [1.54, 1.807) is 12.1 Å². The lowest BCUT2D eigenvalue weighted by molar-refractivity contribution is -0.124. The van der Waals surface area contributed by atoms with Crippen LogP contribution in [0, 0.1) is 0 Å². The second-order valence-electron chi connectivity index (χ2n) is 6.29. The van der Waals surface area contributed by atoms with Crippen molar-refractivity contribution in [1.82, 2.24) is 10.0 Å². The predicted octanol–water partition coefficient (Wildman–Crippen LogP) is 2.24. The van der Waals surface area contributed by atoms with Crippen LogP contribution in [-0.4, -0.2) is 32.9 Å². The lowest BCUT2D eigenvalue weighted by atomic mass is 10.2. The molecule has 28 heavy (non-hydrogen) atoms. The van der Waals surface area contributed by atoms with Gasteiger partial charge >= 0.3 is 5.97 Å². The van der Waals surface area contributed by atoms with Crippen molar-refractivity contribution in [3.05, 3.63) is 65.7 Å². The molecule has 150 valence electrons. The molecule has 2 rings (SSSR count). The van der Waals surface area contributed by atoms with Gasteiger partial charge in [-0.05, 0) is 37.1 Å². The molecule has 8 heteroatoms. The van der Waals surface area contributed by atoms with E-state index in [1.165, 1.54) is 24.3 Å². The summed E-state index contributed by atoms with van der Waals surface area (Å²) in [7, 11) is -3.80. The standard InChI is InChI=1S/C20H24N2O5S/c1-3-15(2)22-19(23)14-27-20(24)17-10-7-11-18(12-17)28(25,26)21-13-16-8-5-4-6-9-16/h4-12,15,21H,3,13-14H2,1-2H3,(H,22,23)/t15-/m1/s1. The molecule has 0 unspecified atom stereocenters. The summed E-state index contributed by atoms with van der Waals surface area (Å²) in [4.78, 5) is 23.8. The number of benzene rings is 2. The van der Waals surface area contributed by atoms with Crippen LogP contribution in [0.1, 0.15) is 36.2 Å². The molecule has 2 aromatic rings. The third kappa shape index (κ3) is 6.47. The summed E-state index contributed by atoms with van der Waals surface area (Å²) in [5.74, 6) is -1.17. The molecule has 7 nitrogen and oxygen atoms in total. The van der Waals surface area contributed by atoms with E-state index in [4.69, 9.17) is 4.74 Å². The van der Waals surface area contributed by atoms with Crippen LogP contribution in [0.2, 0.25) is 0 Å². The van der Waals surface area contributed by atoms with Crippen molar-refractivity contribution < 1.29 is 22.7 Å². The Morgan fingerprint density at radius 1 is 1.07 bits per heavy atom. The summed E-state index contributed by atoms with van der Waals surface area (Å²) >= 11 is 0. The van der Waals surface area contributed by atoms with Gasteiger partial charge in [0.05, 0.1) is 10.5 Å². The maximum absolute atomic E-state index is 12.5. The van der Waals surface area contributed by atoms with E-state index in [2.05, 4.69) is 10.0 Å². The maximum Gasteiger partial charge on any atom is 0.338 e. The fraction of sp³-hybridized carbons (Fsp3) is 0.300. The Labute approximate surface area is 165 Å². The topological polar surface area (TPSA) is 102 Å². The normalized spacial score (nSPS) is 12.2. The van der Waals surface area contributed by atoms with E-state index >= 15 is 0 Å². The zero-order valence-electron chi connectivity index (χ0n) is 15.8. The Balaban J connectivity index is 2.00. The lowest BCUT2D eigenvalue weighted by Gasteiger charge is -2.12. The minimum absolute atomic E-state index is 0.0182. The van der Waals surface area contributed by atoms with Crippen LogP contribution in [0.3, 0.4) is 0 Å². The Bertz CT molecular complexity index is 913. The van der Waals surface area contributed by atoms with E-state index in [1.807, 2.05) is 32.0 Å². The molecule has 0 heterocycles. The van der Waals surface area contributed by atoms with Gasteiger partial charge in [0.15, 0.2) is 6.61 Å². The molecule has 0 spiro atoms. The molecule has 0 fully saturated rings. The number of nitrogens with one attached hydrogen (secondary N) is 2. The smallest absolute Gasteiger partial charge is 0.338 e. The zero-order chi connectivity index (χ0) is 20.6. The monoisotopic (exact) mass is 404 g/mol. The number of carbonyl (C=O) groups is 2. The minimum Gasteiger partial charge on any atom is -0.452 e. The highest BCUT2D eigenvalue weighted by Crippen LogP contribution is 2.13. The number of sulfonamides is 1. The number of carbonyl (C=O) groups excluding carboxylic acids is 2. The number of ether oxygens (including phenoxy) is 1. The highest BCUT2D eigenvalue weighted by Gasteiger charge is 2.17. The Kier molecular flexibility index (Phi) is 7.71. The zero-order valence-corrected chi connectivity index (χ0v) is 16.7. The van der Waals surface area contributed by atoms with E-state index in [-0.39, 0.29) is 23.0 Å². The highest BCUT2D eigenvalue weighted by atomic mass is 32.2. The van der Waals surface area contributed by atoms with Crippen molar-refractivity contribution in [1.29, 1.82) is 0 Å². The SMILES string of the molecule is CC[C@@H](C)NC(=O)COC(=O)c1cccc(S(=O)(=O)NCc2ccccc2)c1. The third-order valence-corrected chi connectivity index (χ3v) is 5.44. The van der Waals surface area contributed by atoms with Crippen molar-refractivity contribution in [2.45, 2.75) is 37.8 Å². The number of esters is 1. The second kappa shape index (κ2) is 10.0. The maximum atomic E-state index is 12.5. The first-order valence-corrected chi connectivity index (χ1v) is 10.4. The van der Waals surface area contributed by atoms with Crippen molar-refractivity contribution in [3.63, 3.8) is 0 Å². The van der Waals surface area contributed by atoms with Gasteiger partial charge < -0.3 is 10.1 Å². The molecule has 0 aromatic heterocycles. The largest absolute Gasteiger partial charge is 0.452 e. The fourth-order valence-corrected chi connectivity index (χ4v) is 3.34. The Hall–Kier alpha value is -2.71.